The van der Waals surface area contributed by atoms with E-state index in [-0.39, 0.29) is 5.91 Å². The second-order valence-electron chi connectivity index (χ2n) is 6.73. The third kappa shape index (κ3) is 3.77. The Hall–Kier alpha value is -1.48. The average molecular weight is 356 g/mol. The first-order valence-corrected chi connectivity index (χ1v) is 10.2. The zero-order chi connectivity index (χ0) is 17.3. The number of carbonyl (C=O) groups excluding carboxylic acids is 1. The summed E-state index contributed by atoms with van der Waals surface area (Å²) in [4.78, 5) is 18.7. The van der Waals surface area contributed by atoms with E-state index in [9.17, 15) is 13.2 Å². The second kappa shape index (κ2) is 6.79. The summed E-state index contributed by atoms with van der Waals surface area (Å²) >= 11 is 0. The van der Waals surface area contributed by atoms with E-state index in [0.29, 0.717) is 37.9 Å². The molecular formula is C15H24N4O4S. The van der Waals surface area contributed by atoms with Crippen LogP contribution in [0.1, 0.15) is 37.4 Å². The first kappa shape index (κ1) is 17.3. The fraction of sp³-hybridized carbons (Fsp3) is 0.800. The van der Waals surface area contributed by atoms with Gasteiger partial charge >= 0.3 is 0 Å². The van der Waals surface area contributed by atoms with Gasteiger partial charge in [0.25, 0.3) is 0 Å². The van der Waals surface area contributed by atoms with Crippen LogP contribution in [0.5, 0.6) is 0 Å². The molecule has 0 bridgehead atoms. The van der Waals surface area contributed by atoms with E-state index in [2.05, 4.69) is 10.1 Å². The maximum Gasteiger partial charge on any atom is 0.241 e. The summed E-state index contributed by atoms with van der Waals surface area (Å²) in [6, 6.07) is -0.517. The van der Waals surface area contributed by atoms with Gasteiger partial charge in [0, 0.05) is 33.0 Å². The van der Waals surface area contributed by atoms with Crippen LogP contribution in [0, 0.1) is 12.8 Å². The van der Waals surface area contributed by atoms with Crippen LogP contribution in [0.3, 0.4) is 0 Å². The van der Waals surface area contributed by atoms with E-state index >= 15 is 0 Å². The van der Waals surface area contributed by atoms with Crippen molar-refractivity contribution in [2.45, 2.75) is 45.1 Å². The number of aromatic nitrogens is 2. The molecule has 1 atom stereocenters. The van der Waals surface area contributed by atoms with Gasteiger partial charge in [0.1, 0.15) is 6.04 Å². The zero-order valence-corrected chi connectivity index (χ0v) is 15.0. The third-order valence-corrected chi connectivity index (χ3v) is 6.17. The molecule has 0 saturated carbocycles. The Morgan fingerprint density at radius 2 is 1.96 bits per heavy atom. The SMILES string of the molecule is Cc1nc(CC2CCN(C(=O)[C@@H]3CCCN3S(C)(=O)=O)CC2)no1. The highest BCUT2D eigenvalue weighted by Crippen LogP contribution is 2.26. The van der Waals surface area contributed by atoms with Gasteiger partial charge in [-0.1, -0.05) is 5.16 Å². The summed E-state index contributed by atoms with van der Waals surface area (Å²) < 4.78 is 30.0. The molecular weight excluding hydrogens is 332 g/mol. The molecule has 0 aromatic carbocycles. The van der Waals surface area contributed by atoms with E-state index in [4.69, 9.17) is 4.52 Å². The number of sulfonamides is 1. The molecule has 2 fully saturated rings. The number of carbonyl (C=O) groups is 1. The Morgan fingerprint density at radius 1 is 1.25 bits per heavy atom. The highest BCUT2D eigenvalue weighted by molar-refractivity contribution is 7.88. The maximum atomic E-state index is 12.7. The predicted octanol–water partition coefficient (Wildman–Crippen LogP) is 0.583. The zero-order valence-electron chi connectivity index (χ0n) is 14.1. The minimum absolute atomic E-state index is 0.0493. The molecule has 1 aromatic rings. The van der Waals surface area contributed by atoms with E-state index < -0.39 is 16.1 Å². The maximum absolute atomic E-state index is 12.7. The third-order valence-electron chi connectivity index (χ3n) is 4.88. The number of rotatable bonds is 4. The lowest BCUT2D eigenvalue weighted by atomic mass is 9.93. The number of aryl methyl sites for hydroxylation is 1. The molecule has 1 aromatic heterocycles. The summed E-state index contributed by atoms with van der Waals surface area (Å²) in [6.07, 6.45) is 5.07. The van der Waals surface area contributed by atoms with Crippen LogP contribution in [0.2, 0.25) is 0 Å². The quantitative estimate of drug-likeness (QED) is 0.783. The molecule has 24 heavy (non-hydrogen) atoms. The van der Waals surface area contributed by atoms with E-state index in [1.807, 2.05) is 4.90 Å². The largest absolute Gasteiger partial charge is 0.341 e. The normalized spacial score (nSPS) is 23.8. The highest BCUT2D eigenvalue weighted by atomic mass is 32.2. The monoisotopic (exact) mass is 356 g/mol. The van der Waals surface area contributed by atoms with Gasteiger partial charge in [0.2, 0.25) is 21.8 Å². The van der Waals surface area contributed by atoms with Crippen molar-refractivity contribution in [1.29, 1.82) is 0 Å². The van der Waals surface area contributed by atoms with E-state index in [0.717, 1.165) is 31.5 Å². The van der Waals surface area contributed by atoms with Gasteiger partial charge in [-0.25, -0.2) is 8.42 Å². The van der Waals surface area contributed by atoms with E-state index in [1.165, 1.54) is 10.6 Å². The molecule has 0 unspecified atom stereocenters. The van der Waals surface area contributed by atoms with Gasteiger partial charge in [-0.15, -0.1) is 0 Å². The van der Waals surface area contributed by atoms with Crippen molar-refractivity contribution in [2.24, 2.45) is 5.92 Å². The molecule has 0 aliphatic carbocycles. The van der Waals surface area contributed by atoms with Gasteiger partial charge in [-0.05, 0) is 31.6 Å². The van der Waals surface area contributed by atoms with Gasteiger partial charge < -0.3 is 9.42 Å². The lowest BCUT2D eigenvalue weighted by molar-refractivity contribution is -0.136. The Kier molecular flexibility index (Phi) is 4.91. The molecule has 3 rings (SSSR count). The van der Waals surface area contributed by atoms with Crippen molar-refractivity contribution in [3.63, 3.8) is 0 Å². The molecule has 3 heterocycles. The second-order valence-corrected chi connectivity index (χ2v) is 8.67. The average Bonchev–Trinajstić information content (AvgIpc) is 3.16. The van der Waals surface area contributed by atoms with Crippen LogP contribution in [0.25, 0.3) is 0 Å². The van der Waals surface area contributed by atoms with Gasteiger partial charge in [-0.3, -0.25) is 4.79 Å². The molecule has 2 aliphatic rings. The fourth-order valence-corrected chi connectivity index (χ4v) is 4.75. The predicted molar refractivity (Wildman–Crippen MR) is 86.6 cm³/mol. The number of hydrogen-bond donors (Lipinski definition) is 0. The van der Waals surface area contributed by atoms with Crippen LogP contribution in [-0.4, -0.2) is 65.6 Å². The molecule has 8 nitrogen and oxygen atoms in total. The summed E-state index contributed by atoms with van der Waals surface area (Å²) in [5, 5.41) is 3.92. The lowest BCUT2D eigenvalue weighted by Gasteiger charge is -2.34. The summed E-state index contributed by atoms with van der Waals surface area (Å²) in [7, 11) is -3.33. The van der Waals surface area contributed by atoms with Crippen molar-refractivity contribution in [3.8, 4) is 0 Å². The van der Waals surface area contributed by atoms with Crippen molar-refractivity contribution < 1.29 is 17.7 Å². The first-order chi connectivity index (χ1) is 11.3. The molecule has 2 aliphatic heterocycles. The molecule has 0 N–H and O–H groups in total. The smallest absolute Gasteiger partial charge is 0.241 e. The highest BCUT2D eigenvalue weighted by Gasteiger charge is 2.39. The molecule has 0 spiro atoms. The minimum Gasteiger partial charge on any atom is -0.341 e. The van der Waals surface area contributed by atoms with Crippen LogP contribution in [-0.2, 0) is 21.2 Å². The minimum atomic E-state index is -3.33. The summed E-state index contributed by atoms with van der Waals surface area (Å²) in [6.45, 7) is 3.54. The Labute approximate surface area is 142 Å². The number of hydrogen-bond acceptors (Lipinski definition) is 6. The van der Waals surface area contributed by atoms with Crippen LogP contribution in [0.15, 0.2) is 4.52 Å². The van der Waals surface area contributed by atoms with Crippen LogP contribution < -0.4 is 0 Å². The van der Waals surface area contributed by atoms with Crippen LogP contribution in [0.4, 0.5) is 0 Å². The van der Waals surface area contributed by atoms with Gasteiger partial charge in [-0.2, -0.15) is 9.29 Å². The number of likely N-dealkylation sites (tertiary alicyclic amines) is 1. The molecule has 0 radical (unpaired) electrons. The van der Waals surface area contributed by atoms with Gasteiger partial charge in [0.05, 0.1) is 6.26 Å². The molecule has 9 heteroatoms. The number of piperidine rings is 1. The standard InChI is InChI=1S/C15H24N4O4S/c1-11-16-14(17-23-11)10-12-5-8-18(9-6-12)15(20)13-4-3-7-19(13)24(2,21)22/h12-13H,3-10H2,1-2H3/t13-/m0/s1. The fourth-order valence-electron chi connectivity index (χ4n) is 3.63. The molecule has 1 amide bonds. The van der Waals surface area contributed by atoms with Crippen molar-refractivity contribution in [2.75, 3.05) is 25.9 Å². The van der Waals surface area contributed by atoms with E-state index in [1.54, 1.807) is 6.92 Å². The van der Waals surface area contributed by atoms with Crippen LogP contribution >= 0.6 is 0 Å². The number of nitrogens with zero attached hydrogens (tertiary/aromatic N) is 4. The lowest BCUT2D eigenvalue weighted by Crippen LogP contribution is -2.49. The Bertz CT molecular complexity index is 694. The van der Waals surface area contributed by atoms with Crippen molar-refractivity contribution in [3.05, 3.63) is 11.7 Å². The van der Waals surface area contributed by atoms with Crippen molar-refractivity contribution >= 4 is 15.9 Å². The summed E-state index contributed by atoms with van der Waals surface area (Å²) in [5.74, 6) is 1.67. The topological polar surface area (TPSA) is 96.6 Å². The molecule has 134 valence electrons. The van der Waals surface area contributed by atoms with Gasteiger partial charge in [0.15, 0.2) is 5.82 Å². The number of amides is 1. The summed E-state index contributed by atoms with van der Waals surface area (Å²) in [5.41, 5.74) is 0. The Balaban J connectivity index is 1.55. The first-order valence-electron chi connectivity index (χ1n) is 8.39. The van der Waals surface area contributed by atoms with Crippen molar-refractivity contribution in [1.82, 2.24) is 19.3 Å². The molecule has 2 saturated heterocycles. The Morgan fingerprint density at radius 3 is 2.54 bits per heavy atom.